The molecule has 1 aromatic carbocycles. The van der Waals surface area contributed by atoms with E-state index in [0.29, 0.717) is 36.4 Å². The number of hydrogen-bond donors (Lipinski definition) is 1. The zero-order chi connectivity index (χ0) is 19.2. The van der Waals surface area contributed by atoms with Crippen LogP contribution in [-0.2, 0) is 11.3 Å². The maximum atomic E-state index is 12.6. The minimum atomic E-state index is 0.0787. The Bertz CT molecular complexity index is 622. The largest absolute Gasteiger partial charge is 0.493 e. The van der Waals surface area contributed by atoms with Gasteiger partial charge in [-0.1, -0.05) is 12.8 Å². The quantitative estimate of drug-likeness (QED) is 0.793. The summed E-state index contributed by atoms with van der Waals surface area (Å²) in [6.07, 6.45) is 7.75. The van der Waals surface area contributed by atoms with E-state index in [9.17, 15) is 4.79 Å². The molecule has 1 saturated heterocycles. The molecule has 0 unspecified atom stereocenters. The van der Waals surface area contributed by atoms with E-state index in [1.165, 1.54) is 38.5 Å². The van der Waals surface area contributed by atoms with Crippen molar-refractivity contribution in [1.82, 2.24) is 10.2 Å². The topological polar surface area (TPSA) is 60.0 Å². The second-order valence-corrected chi connectivity index (χ2v) is 7.53. The van der Waals surface area contributed by atoms with Crippen LogP contribution in [0.3, 0.4) is 0 Å². The van der Waals surface area contributed by atoms with Crippen LogP contribution in [0.5, 0.6) is 17.2 Å². The Hall–Kier alpha value is -1.95. The van der Waals surface area contributed by atoms with Crippen molar-refractivity contribution >= 4 is 5.91 Å². The smallest absolute Gasteiger partial charge is 0.234 e. The molecule has 3 rings (SSSR count). The lowest BCUT2D eigenvalue weighted by Crippen LogP contribution is -2.50. The Morgan fingerprint density at radius 3 is 2.37 bits per heavy atom. The Morgan fingerprint density at radius 1 is 1.04 bits per heavy atom. The average molecular weight is 376 g/mol. The Kier molecular flexibility index (Phi) is 6.83. The number of methoxy groups -OCH3 is 3. The highest BCUT2D eigenvalue weighted by atomic mass is 16.5. The summed E-state index contributed by atoms with van der Waals surface area (Å²) >= 11 is 0. The molecule has 1 N–H and O–H groups in total. The molecule has 0 radical (unpaired) electrons. The molecule has 6 heteroatoms. The first kappa shape index (κ1) is 19.8. The van der Waals surface area contributed by atoms with E-state index >= 15 is 0 Å². The number of hydrogen-bond acceptors (Lipinski definition) is 5. The molecule has 2 aliphatic rings. The van der Waals surface area contributed by atoms with Crippen LogP contribution in [0.4, 0.5) is 0 Å². The second kappa shape index (κ2) is 9.31. The van der Waals surface area contributed by atoms with Crippen molar-refractivity contribution in [3.63, 3.8) is 0 Å². The summed E-state index contributed by atoms with van der Waals surface area (Å²) in [6, 6.07) is 4.35. The van der Waals surface area contributed by atoms with Gasteiger partial charge >= 0.3 is 0 Å². The molecule has 27 heavy (non-hydrogen) atoms. The molecule has 1 heterocycles. The maximum Gasteiger partial charge on any atom is 0.234 e. The van der Waals surface area contributed by atoms with E-state index in [-0.39, 0.29) is 5.91 Å². The van der Waals surface area contributed by atoms with Gasteiger partial charge < -0.3 is 19.5 Å². The molecule has 1 aliphatic carbocycles. The summed E-state index contributed by atoms with van der Waals surface area (Å²) in [6.45, 7) is 1.97. The number of nitrogens with zero attached hydrogens (tertiary/aromatic N) is 1. The zero-order valence-corrected chi connectivity index (χ0v) is 16.8. The van der Waals surface area contributed by atoms with Crippen molar-refractivity contribution in [1.29, 1.82) is 0 Å². The fraction of sp³-hybridized carbons (Fsp3) is 0.667. The van der Waals surface area contributed by atoms with Crippen LogP contribution in [0.25, 0.3) is 0 Å². The molecule has 2 atom stereocenters. The van der Waals surface area contributed by atoms with Crippen molar-refractivity contribution < 1.29 is 19.0 Å². The van der Waals surface area contributed by atoms with Crippen LogP contribution in [0, 0.1) is 5.92 Å². The standard InChI is InChI=1S/C21H32N2O4/c1-25-18-11-15(12-19(26-2)21(18)27-3)13-22-20(24)14-23-10-6-8-16-7-4-5-9-17(16)23/h11-12,16-17H,4-10,13-14H2,1-3H3,(H,22,24)/t16-,17-/m0/s1. The number of amides is 1. The number of ether oxygens (including phenoxy) is 3. The van der Waals surface area contributed by atoms with Crippen LogP contribution in [0.15, 0.2) is 12.1 Å². The molecule has 1 aromatic rings. The van der Waals surface area contributed by atoms with E-state index < -0.39 is 0 Å². The van der Waals surface area contributed by atoms with Gasteiger partial charge in [-0.05, 0) is 55.8 Å². The summed E-state index contributed by atoms with van der Waals surface area (Å²) in [5.41, 5.74) is 0.923. The third-order valence-corrected chi connectivity index (χ3v) is 5.92. The highest BCUT2D eigenvalue weighted by Crippen LogP contribution is 2.38. The highest BCUT2D eigenvalue weighted by Gasteiger charge is 2.33. The fourth-order valence-electron chi connectivity index (χ4n) is 4.60. The van der Waals surface area contributed by atoms with Crippen molar-refractivity contribution in [2.75, 3.05) is 34.4 Å². The monoisotopic (exact) mass is 376 g/mol. The number of fused-ring (bicyclic) bond motifs is 1. The second-order valence-electron chi connectivity index (χ2n) is 7.53. The van der Waals surface area contributed by atoms with E-state index in [1.54, 1.807) is 21.3 Å². The lowest BCUT2D eigenvalue weighted by molar-refractivity contribution is -0.124. The van der Waals surface area contributed by atoms with E-state index in [0.717, 1.165) is 18.0 Å². The number of piperidine rings is 1. The lowest BCUT2D eigenvalue weighted by Gasteiger charge is -2.43. The number of rotatable bonds is 7. The summed E-state index contributed by atoms with van der Waals surface area (Å²) in [4.78, 5) is 15.0. The normalized spacial score (nSPS) is 22.6. The van der Waals surface area contributed by atoms with Gasteiger partial charge in [0.1, 0.15) is 0 Å². The fourth-order valence-corrected chi connectivity index (χ4v) is 4.60. The van der Waals surface area contributed by atoms with E-state index in [1.807, 2.05) is 12.1 Å². The van der Waals surface area contributed by atoms with Crippen molar-refractivity contribution in [2.45, 2.75) is 51.1 Å². The van der Waals surface area contributed by atoms with Crippen molar-refractivity contribution in [3.8, 4) is 17.2 Å². The van der Waals surface area contributed by atoms with Gasteiger partial charge in [0.05, 0.1) is 27.9 Å². The van der Waals surface area contributed by atoms with E-state index in [4.69, 9.17) is 14.2 Å². The van der Waals surface area contributed by atoms with Gasteiger partial charge in [0.15, 0.2) is 11.5 Å². The first-order valence-corrected chi connectivity index (χ1v) is 9.96. The predicted molar refractivity (Wildman–Crippen MR) is 104 cm³/mol. The third kappa shape index (κ3) is 4.67. The Labute approximate surface area is 162 Å². The Morgan fingerprint density at radius 2 is 1.70 bits per heavy atom. The van der Waals surface area contributed by atoms with Gasteiger partial charge in [0.25, 0.3) is 0 Å². The van der Waals surface area contributed by atoms with Gasteiger partial charge in [-0.2, -0.15) is 0 Å². The summed E-state index contributed by atoms with van der Waals surface area (Å²) in [5.74, 6) is 2.63. The SMILES string of the molecule is COc1cc(CNC(=O)CN2CCC[C@@H]3CCCC[C@@H]32)cc(OC)c1OC. The predicted octanol–water partition coefficient (Wildman–Crippen LogP) is 2.98. The summed E-state index contributed by atoms with van der Waals surface area (Å²) in [5, 5.41) is 3.05. The molecule has 0 spiro atoms. The number of likely N-dealkylation sites (tertiary alicyclic amines) is 1. The lowest BCUT2D eigenvalue weighted by atomic mass is 9.78. The van der Waals surface area contributed by atoms with Gasteiger partial charge in [-0.25, -0.2) is 0 Å². The number of carbonyl (C=O) groups excluding carboxylic acids is 1. The van der Waals surface area contributed by atoms with Crippen LogP contribution >= 0.6 is 0 Å². The molecule has 1 saturated carbocycles. The zero-order valence-electron chi connectivity index (χ0n) is 16.8. The minimum absolute atomic E-state index is 0.0787. The van der Waals surface area contributed by atoms with Crippen LogP contribution in [0.2, 0.25) is 0 Å². The minimum Gasteiger partial charge on any atom is -0.493 e. The molecular weight excluding hydrogens is 344 g/mol. The molecule has 1 amide bonds. The van der Waals surface area contributed by atoms with Crippen LogP contribution < -0.4 is 19.5 Å². The molecule has 2 fully saturated rings. The first-order chi connectivity index (χ1) is 13.2. The van der Waals surface area contributed by atoms with Crippen molar-refractivity contribution in [3.05, 3.63) is 17.7 Å². The Balaban J connectivity index is 1.59. The summed E-state index contributed by atoms with van der Waals surface area (Å²) < 4.78 is 16.1. The molecule has 150 valence electrons. The molecule has 1 aliphatic heterocycles. The van der Waals surface area contributed by atoms with E-state index in [2.05, 4.69) is 10.2 Å². The van der Waals surface area contributed by atoms with Gasteiger partial charge in [0, 0.05) is 12.6 Å². The number of nitrogens with one attached hydrogen (secondary N) is 1. The number of carbonyl (C=O) groups is 1. The third-order valence-electron chi connectivity index (χ3n) is 5.92. The summed E-state index contributed by atoms with van der Waals surface area (Å²) in [7, 11) is 4.77. The molecule has 0 bridgehead atoms. The van der Waals surface area contributed by atoms with Crippen LogP contribution in [0.1, 0.15) is 44.1 Å². The van der Waals surface area contributed by atoms with Gasteiger partial charge in [-0.15, -0.1) is 0 Å². The molecule has 6 nitrogen and oxygen atoms in total. The molecular formula is C21H32N2O4. The first-order valence-electron chi connectivity index (χ1n) is 9.96. The highest BCUT2D eigenvalue weighted by molar-refractivity contribution is 5.78. The van der Waals surface area contributed by atoms with Crippen molar-refractivity contribution in [2.24, 2.45) is 5.92 Å². The average Bonchev–Trinajstić information content (AvgIpc) is 2.71. The maximum absolute atomic E-state index is 12.6. The van der Waals surface area contributed by atoms with Crippen LogP contribution in [-0.4, -0.2) is 51.3 Å². The van der Waals surface area contributed by atoms with Gasteiger partial charge in [-0.3, -0.25) is 9.69 Å². The molecule has 0 aromatic heterocycles. The number of benzene rings is 1. The van der Waals surface area contributed by atoms with Gasteiger partial charge in [0.2, 0.25) is 11.7 Å².